The van der Waals surface area contributed by atoms with Crippen molar-refractivity contribution in [3.8, 4) is 0 Å². The predicted molar refractivity (Wildman–Crippen MR) is 135 cm³/mol. The fourth-order valence-corrected chi connectivity index (χ4v) is 6.13. The number of Topliss-reactive ketones (excluding diaryl/α,β-unsaturated/α-hetero) is 1. The highest BCUT2D eigenvalue weighted by Gasteiger charge is 2.31. The van der Waals surface area contributed by atoms with Crippen molar-refractivity contribution in [3.63, 3.8) is 0 Å². The number of fused-ring (bicyclic) bond motifs is 7. The zero-order chi connectivity index (χ0) is 25.2. The number of nitrogens with one attached hydrogen (secondary N) is 3. The second-order valence-corrected chi connectivity index (χ2v) is 11.3. The van der Waals surface area contributed by atoms with Crippen molar-refractivity contribution in [1.29, 1.82) is 0 Å². The van der Waals surface area contributed by atoms with E-state index in [9.17, 15) is 24.0 Å². The summed E-state index contributed by atoms with van der Waals surface area (Å²) >= 11 is 0. The molecule has 2 aliphatic heterocycles. The number of rotatable bonds is 2. The number of carbonyl (C=O) groups is 5. The largest absolute Gasteiger partial charge is 0.461 e. The number of carbonyl (C=O) groups excluding carboxylic acids is 5. The third-order valence-electron chi connectivity index (χ3n) is 5.74. The number of ether oxygens (including phenoxy) is 1. The van der Waals surface area contributed by atoms with Crippen molar-refractivity contribution in [2.45, 2.75) is 69.7 Å². The van der Waals surface area contributed by atoms with Crippen LogP contribution in [0.5, 0.6) is 0 Å². The highest BCUT2D eigenvalue weighted by atomic mass is 33.1. The minimum atomic E-state index is -0.969. The summed E-state index contributed by atoms with van der Waals surface area (Å²) < 4.78 is 5.52. The van der Waals surface area contributed by atoms with Crippen LogP contribution in [0.3, 0.4) is 0 Å². The van der Waals surface area contributed by atoms with Crippen LogP contribution in [0.2, 0.25) is 0 Å². The summed E-state index contributed by atoms with van der Waals surface area (Å²) in [5, 5.41) is 8.06. The molecule has 2 bridgehead atoms. The number of esters is 1. The lowest BCUT2D eigenvalue weighted by Gasteiger charge is -2.24. The Labute approximate surface area is 212 Å². The van der Waals surface area contributed by atoms with E-state index in [1.807, 2.05) is 30.3 Å². The van der Waals surface area contributed by atoms with Crippen molar-refractivity contribution in [2.75, 3.05) is 11.5 Å². The Kier molecular flexibility index (Phi) is 10.5. The fourth-order valence-electron chi connectivity index (χ4n) is 3.82. The van der Waals surface area contributed by atoms with Crippen LogP contribution in [-0.2, 0) is 35.1 Å². The van der Waals surface area contributed by atoms with Gasteiger partial charge < -0.3 is 20.7 Å². The molecule has 0 saturated carbocycles. The van der Waals surface area contributed by atoms with Crippen LogP contribution in [0.1, 0.15) is 44.6 Å². The van der Waals surface area contributed by atoms with Gasteiger partial charge in [-0.1, -0.05) is 51.9 Å². The second kappa shape index (κ2) is 13.5. The zero-order valence-electron chi connectivity index (χ0n) is 19.6. The number of amides is 3. The maximum Gasteiger partial charge on any atom is 0.313 e. The Hall–Kier alpha value is -2.53. The highest BCUT2D eigenvalue weighted by molar-refractivity contribution is 8.76. The minimum absolute atomic E-state index is 0.104. The summed E-state index contributed by atoms with van der Waals surface area (Å²) in [6, 6.07) is 6.40. The lowest BCUT2D eigenvalue weighted by Crippen LogP contribution is -2.56. The van der Waals surface area contributed by atoms with Gasteiger partial charge in [0.1, 0.15) is 24.6 Å². The van der Waals surface area contributed by atoms with Crippen LogP contribution in [0, 0.1) is 0 Å². The SMILES string of the molecule is C[C@H]1NC(=O)C[C@@H]2CCCCSSC[C@@H](NC1=O)C(=O)N[C@H](Cc1ccccc1)C(=O)CC(=O)O2. The third kappa shape index (κ3) is 8.88. The number of benzene rings is 1. The summed E-state index contributed by atoms with van der Waals surface area (Å²) in [5.41, 5.74) is 0.818. The summed E-state index contributed by atoms with van der Waals surface area (Å²) in [7, 11) is 3.06. The molecule has 0 aliphatic carbocycles. The van der Waals surface area contributed by atoms with Gasteiger partial charge in [0.25, 0.3) is 0 Å². The Balaban J connectivity index is 1.93. The van der Waals surface area contributed by atoms with E-state index in [1.165, 1.54) is 17.7 Å². The van der Waals surface area contributed by atoms with Crippen LogP contribution in [0.25, 0.3) is 0 Å². The van der Waals surface area contributed by atoms with Gasteiger partial charge in [0.2, 0.25) is 17.7 Å². The fraction of sp³-hybridized carbons (Fsp3) is 0.542. The molecule has 0 radical (unpaired) electrons. The smallest absolute Gasteiger partial charge is 0.313 e. The van der Waals surface area contributed by atoms with Gasteiger partial charge in [-0.25, -0.2) is 0 Å². The van der Waals surface area contributed by atoms with Gasteiger partial charge in [0.05, 0.1) is 12.5 Å². The van der Waals surface area contributed by atoms with Gasteiger partial charge in [0, 0.05) is 11.5 Å². The molecule has 0 spiro atoms. The Morgan fingerprint density at radius 3 is 2.49 bits per heavy atom. The van der Waals surface area contributed by atoms with E-state index in [0.29, 0.717) is 12.2 Å². The second-order valence-electron chi connectivity index (χ2n) is 8.66. The van der Waals surface area contributed by atoms with E-state index < -0.39 is 60.1 Å². The predicted octanol–water partition coefficient (Wildman–Crippen LogP) is 1.54. The summed E-state index contributed by atoms with van der Waals surface area (Å²) in [4.78, 5) is 64.3. The molecule has 0 unspecified atom stereocenters. The van der Waals surface area contributed by atoms with Crippen LogP contribution in [0.4, 0.5) is 0 Å². The molecule has 3 rings (SSSR count). The lowest BCUT2D eigenvalue weighted by atomic mass is 10.00. The molecule has 2 heterocycles. The van der Waals surface area contributed by atoms with Crippen LogP contribution in [-0.4, -0.2) is 65.2 Å². The number of hydrogen-bond donors (Lipinski definition) is 3. The average molecular weight is 522 g/mol. The molecule has 190 valence electrons. The maximum atomic E-state index is 13.2. The van der Waals surface area contributed by atoms with Crippen molar-refractivity contribution in [2.24, 2.45) is 0 Å². The van der Waals surface area contributed by atoms with Crippen molar-refractivity contribution < 1.29 is 28.7 Å². The van der Waals surface area contributed by atoms with Gasteiger partial charge in [-0.05, 0) is 38.2 Å². The standard InChI is InChI=1S/C24H31N3O6S2/c1-15-23(31)27-19-14-35-34-10-6-5-9-17(12-21(29)25-15)33-22(30)13-20(28)18(26-24(19)32)11-16-7-3-2-4-8-16/h2-4,7-8,15,17-19H,5-6,9-14H2,1H3,(H,25,29)(H,26,32)(H,27,31)/t15-,17+,18-,19-/m1/s1. The Morgan fingerprint density at radius 1 is 0.943 bits per heavy atom. The first kappa shape index (κ1) is 27.1. The Morgan fingerprint density at radius 2 is 1.71 bits per heavy atom. The highest BCUT2D eigenvalue weighted by Crippen LogP contribution is 2.25. The molecule has 2 aliphatic rings. The maximum absolute atomic E-state index is 13.2. The van der Waals surface area contributed by atoms with Crippen molar-refractivity contribution in [3.05, 3.63) is 35.9 Å². The van der Waals surface area contributed by atoms with Gasteiger partial charge in [0.15, 0.2) is 5.78 Å². The van der Waals surface area contributed by atoms with Crippen LogP contribution in [0.15, 0.2) is 30.3 Å². The molecular formula is C24H31N3O6S2. The summed E-state index contributed by atoms with van der Waals surface area (Å²) in [6.07, 6.45) is 0.924. The van der Waals surface area contributed by atoms with E-state index in [4.69, 9.17) is 4.74 Å². The van der Waals surface area contributed by atoms with E-state index in [1.54, 1.807) is 10.8 Å². The van der Waals surface area contributed by atoms with E-state index in [0.717, 1.165) is 24.2 Å². The van der Waals surface area contributed by atoms with Crippen LogP contribution >= 0.6 is 21.6 Å². The topological polar surface area (TPSA) is 131 Å². The van der Waals surface area contributed by atoms with E-state index in [-0.39, 0.29) is 12.8 Å². The Bertz CT molecular complexity index is 929. The third-order valence-corrected chi connectivity index (χ3v) is 8.24. The monoisotopic (exact) mass is 521 g/mol. The molecule has 3 N–H and O–H groups in total. The molecule has 4 atom stereocenters. The average Bonchev–Trinajstić information content (AvgIpc) is 2.81. The first-order chi connectivity index (χ1) is 16.8. The summed E-state index contributed by atoms with van der Waals surface area (Å²) in [5.74, 6) is -1.58. The van der Waals surface area contributed by atoms with Gasteiger partial charge >= 0.3 is 5.97 Å². The first-order valence-electron chi connectivity index (χ1n) is 11.7. The number of ketones is 1. The molecule has 1 aromatic carbocycles. The molecule has 2 saturated heterocycles. The molecule has 0 aromatic heterocycles. The van der Waals surface area contributed by atoms with Crippen molar-refractivity contribution in [1.82, 2.24) is 16.0 Å². The van der Waals surface area contributed by atoms with E-state index in [2.05, 4.69) is 16.0 Å². The number of hydrogen-bond acceptors (Lipinski definition) is 8. The first-order valence-corrected chi connectivity index (χ1v) is 14.2. The minimum Gasteiger partial charge on any atom is -0.461 e. The van der Waals surface area contributed by atoms with Gasteiger partial charge in [-0.3, -0.25) is 24.0 Å². The normalized spacial score (nSPS) is 27.9. The zero-order valence-corrected chi connectivity index (χ0v) is 21.3. The molecule has 2 fully saturated rings. The van der Waals surface area contributed by atoms with Gasteiger partial charge in [-0.15, -0.1) is 0 Å². The summed E-state index contributed by atoms with van der Waals surface area (Å²) in [6.45, 7) is 1.53. The molecule has 35 heavy (non-hydrogen) atoms. The van der Waals surface area contributed by atoms with E-state index >= 15 is 0 Å². The van der Waals surface area contributed by atoms with Gasteiger partial charge in [-0.2, -0.15) is 0 Å². The molecular weight excluding hydrogens is 490 g/mol. The molecule has 11 heteroatoms. The lowest BCUT2D eigenvalue weighted by molar-refractivity contribution is -0.153. The van der Waals surface area contributed by atoms with Crippen molar-refractivity contribution >= 4 is 51.1 Å². The molecule has 9 nitrogen and oxygen atoms in total. The quantitative estimate of drug-likeness (QED) is 0.304. The molecule has 1 aromatic rings. The van der Waals surface area contributed by atoms with Crippen LogP contribution < -0.4 is 16.0 Å². The molecule has 3 amide bonds.